The maximum absolute atomic E-state index is 13.3. The molecule has 26 heavy (non-hydrogen) atoms. The summed E-state index contributed by atoms with van der Waals surface area (Å²) in [7, 11) is 0. The van der Waals surface area contributed by atoms with E-state index in [1.54, 1.807) is 18.2 Å². The van der Waals surface area contributed by atoms with Crippen molar-refractivity contribution in [1.82, 2.24) is 4.98 Å². The van der Waals surface area contributed by atoms with Gasteiger partial charge >= 0.3 is 0 Å². The minimum absolute atomic E-state index is 0.0509. The Bertz CT molecular complexity index is 944. The van der Waals surface area contributed by atoms with Gasteiger partial charge in [-0.25, -0.2) is 9.37 Å². The zero-order valence-electron chi connectivity index (χ0n) is 13.9. The van der Waals surface area contributed by atoms with Crippen molar-refractivity contribution in [2.75, 3.05) is 6.61 Å². The Morgan fingerprint density at radius 3 is 2.58 bits per heavy atom. The Balaban J connectivity index is 1.91. The third kappa shape index (κ3) is 4.04. The molecule has 1 heterocycles. The molecule has 0 atom stereocenters. The molecule has 0 spiro atoms. The number of rotatable bonds is 6. The van der Waals surface area contributed by atoms with E-state index in [1.165, 1.54) is 0 Å². The zero-order valence-corrected chi connectivity index (χ0v) is 13.9. The van der Waals surface area contributed by atoms with Crippen LogP contribution < -0.4 is 10.5 Å². The monoisotopic (exact) mass is 352 g/mol. The first-order valence-corrected chi connectivity index (χ1v) is 8.00. The molecular weight excluding hydrogens is 335 g/mol. The lowest BCUT2D eigenvalue weighted by Gasteiger charge is -2.10. The summed E-state index contributed by atoms with van der Waals surface area (Å²) in [6, 6.07) is 16.0. The number of halogens is 1. The standard InChI is InChI=1S/C20H17FN2O3/c21-16-11-18(19(22)25)20(23-12-16)26-17-6-2-5-15(10-17)14-4-1-3-13(9-14)7-8-24/h1-6,9-12,24H,7-8H2,(H2,22,25). The molecule has 3 aromatic rings. The molecule has 0 aliphatic rings. The second-order valence-corrected chi connectivity index (χ2v) is 5.67. The molecular formula is C20H17FN2O3. The summed E-state index contributed by atoms with van der Waals surface area (Å²) in [6.07, 6.45) is 1.54. The van der Waals surface area contributed by atoms with Crippen molar-refractivity contribution >= 4 is 5.91 Å². The Morgan fingerprint density at radius 2 is 1.85 bits per heavy atom. The summed E-state index contributed by atoms with van der Waals surface area (Å²) in [5.74, 6) is -1.10. The molecule has 3 N–H and O–H groups in total. The number of hydrogen-bond donors (Lipinski definition) is 2. The number of carbonyl (C=O) groups is 1. The van der Waals surface area contributed by atoms with Crippen LogP contribution >= 0.6 is 0 Å². The Labute approximate surface area is 149 Å². The number of nitrogens with two attached hydrogens (primary N) is 1. The highest BCUT2D eigenvalue weighted by Gasteiger charge is 2.14. The Morgan fingerprint density at radius 1 is 1.12 bits per heavy atom. The number of primary amides is 1. The molecule has 0 saturated carbocycles. The first-order chi connectivity index (χ1) is 12.6. The predicted octanol–water partition coefficient (Wildman–Crippen LogP) is 3.31. The predicted molar refractivity (Wildman–Crippen MR) is 95.5 cm³/mol. The van der Waals surface area contributed by atoms with E-state index in [0.29, 0.717) is 12.2 Å². The fourth-order valence-electron chi connectivity index (χ4n) is 2.57. The highest BCUT2D eigenvalue weighted by Crippen LogP contribution is 2.28. The summed E-state index contributed by atoms with van der Waals surface area (Å²) in [5.41, 5.74) is 8.01. The van der Waals surface area contributed by atoms with Gasteiger partial charge < -0.3 is 15.6 Å². The van der Waals surface area contributed by atoms with Gasteiger partial charge in [0.05, 0.1) is 6.20 Å². The largest absolute Gasteiger partial charge is 0.438 e. The third-order valence-corrected chi connectivity index (χ3v) is 3.79. The summed E-state index contributed by atoms with van der Waals surface area (Å²) < 4.78 is 18.9. The van der Waals surface area contributed by atoms with Crippen LogP contribution in [-0.2, 0) is 6.42 Å². The quantitative estimate of drug-likeness (QED) is 0.713. The first kappa shape index (κ1) is 17.6. The highest BCUT2D eigenvalue weighted by molar-refractivity contribution is 5.95. The van der Waals surface area contributed by atoms with E-state index in [4.69, 9.17) is 15.6 Å². The van der Waals surface area contributed by atoms with Gasteiger partial charge in [-0.2, -0.15) is 0 Å². The second kappa shape index (κ2) is 7.76. The molecule has 1 aromatic heterocycles. The molecule has 132 valence electrons. The van der Waals surface area contributed by atoms with Gasteiger partial charge in [0.1, 0.15) is 17.1 Å². The van der Waals surface area contributed by atoms with Gasteiger partial charge in [0.25, 0.3) is 5.91 Å². The van der Waals surface area contributed by atoms with Gasteiger partial charge in [0.15, 0.2) is 0 Å². The van der Waals surface area contributed by atoms with Gasteiger partial charge in [-0.05, 0) is 41.3 Å². The summed E-state index contributed by atoms with van der Waals surface area (Å²) in [5, 5.41) is 9.09. The van der Waals surface area contributed by atoms with Gasteiger partial charge in [-0.15, -0.1) is 0 Å². The molecule has 0 unspecified atom stereocenters. The summed E-state index contributed by atoms with van der Waals surface area (Å²) >= 11 is 0. The van der Waals surface area contributed by atoms with E-state index >= 15 is 0 Å². The van der Waals surface area contributed by atoms with E-state index in [9.17, 15) is 9.18 Å². The first-order valence-electron chi connectivity index (χ1n) is 8.00. The summed E-state index contributed by atoms with van der Waals surface area (Å²) in [4.78, 5) is 15.3. The molecule has 0 bridgehead atoms. The number of amides is 1. The van der Waals surface area contributed by atoms with Crippen LogP contribution in [0.15, 0.2) is 60.8 Å². The Kier molecular flexibility index (Phi) is 5.24. The zero-order chi connectivity index (χ0) is 18.5. The average molecular weight is 352 g/mol. The molecule has 2 aromatic carbocycles. The second-order valence-electron chi connectivity index (χ2n) is 5.67. The fourth-order valence-corrected chi connectivity index (χ4v) is 2.57. The number of aliphatic hydroxyl groups excluding tert-OH is 1. The number of carbonyl (C=O) groups excluding carboxylic acids is 1. The van der Waals surface area contributed by atoms with Crippen LogP contribution in [0.2, 0.25) is 0 Å². The molecule has 0 saturated heterocycles. The van der Waals surface area contributed by atoms with Gasteiger partial charge in [-0.1, -0.05) is 36.4 Å². The lowest BCUT2D eigenvalue weighted by molar-refractivity contribution is 0.0997. The van der Waals surface area contributed by atoms with Crippen LogP contribution in [0.4, 0.5) is 4.39 Å². The Hall–Kier alpha value is -3.25. The lowest BCUT2D eigenvalue weighted by atomic mass is 10.0. The molecule has 3 rings (SSSR count). The maximum atomic E-state index is 13.3. The van der Waals surface area contributed by atoms with E-state index < -0.39 is 11.7 Å². The number of benzene rings is 2. The van der Waals surface area contributed by atoms with Gasteiger partial charge in [-0.3, -0.25) is 4.79 Å². The number of aromatic nitrogens is 1. The van der Waals surface area contributed by atoms with Gasteiger partial charge in [0.2, 0.25) is 5.88 Å². The van der Waals surface area contributed by atoms with Crippen molar-refractivity contribution in [1.29, 1.82) is 0 Å². The van der Waals surface area contributed by atoms with E-state index in [-0.39, 0.29) is 18.1 Å². The highest BCUT2D eigenvalue weighted by atomic mass is 19.1. The summed E-state index contributed by atoms with van der Waals surface area (Å²) in [6.45, 7) is 0.0821. The van der Waals surface area contributed by atoms with Crippen molar-refractivity contribution in [2.24, 2.45) is 5.73 Å². The van der Waals surface area contributed by atoms with E-state index in [0.717, 1.165) is 29.0 Å². The van der Waals surface area contributed by atoms with Crippen LogP contribution in [0.25, 0.3) is 11.1 Å². The topological polar surface area (TPSA) is 85.4 Å². The molecule has 0 aliphatic heterocycles. The minimum Gasteiger partial charge on any atom is -0.438 e. The fraction of sp³-hybridized carbons (Fsp3) is 0.100. The average Bonchev–Trinajstić information content (AvgIpc) is 2.64. The molecule has 0 fully saturated rings. The van der Waals surface area contributed by atoms with Crippen LogP contribution in [-0.4, -0.2) is 22.6 Å². The lowest BCUT2D eigenvalue weighted by Crippen LogP contribution is -2.13. The number of pyridine rings is 1. The maximum Gasteiger partial charge on any atom is 0.254 e. The van der Waals surface area contributed by atoms with Crippen molar-refractivity contribution in [3.05, 3.63) is 77.7 Å². The van der Waals surface area contributed by atoms with Crippen molar-refractivity contribution in [3.8, 4) is 22.8 Å². The van der Waals surface area contributed by atoms with Crippen LogP contribution in [0.5, 0.6) is 11.6 Å². The van der Waals surface area contributed by atoms with Gasteiger partial charge in [0, 0.05) is 6.61 Å². The SMILES string of the molecule is NC(=O)c1cc(F)cnc1Oc1cccc(-c2cccc(CCO)c2)c1. The number of ether oxygens (including phenoxy) is 1. The third-order valence-electron chi connectivity index (χ3n) is 3.79. The van der Waals surface area contributed by atoms with Crippen molar-refractivity contribution in [2.45, 2.75) is 6.42 Å². The number of hydrogen-bond acceptors (Lipinski definition) is 4. The molecule has 1 amide bonds. The number of aliphatic hydroxyl groups is 1. The van der Waals surface area contributed by atoms with E-state index in [1.807, 2.05) is 30.3 Å². The molecule has 5 nitrogen and oxygen atoms in total. The smallest absolute Gasteiger partial charge is 0.254 e. The van der Waals surface area contributed by atoms with Crippen LogP contribution in [0.3, 0.4) is 0 Å². The normalized spacial score (nSPS) is 10.5. The van der Waals surface area contributed by atoms with Crippen molar-refractivity contribution < 1.29 is 19.0 Å². The molecule has 6 heteroatoms. The molecule has 0 radical (unpaired) electrons. The van der Waals surface area contributed by atoms with Crippen LogP contribution in [0, 0.1) is 5.82 Å². The number of nitrogens with zero attached hydrogens (tertiary/aromatic N) is 1. The van der Waals surface area contributed by atoms with Crippen molar-refractivity contribution in [3.63, 3.8) is 0 Å². The van der Waals surface area contributed by atoms with E-state index in [2.05, 4.69) is 4.98 Å². The van der Waals surface area contributed by atoms with Crippen LogP contribution in [0.1, 0.15) is 15.9 Å². The molecule has 0 aliphatic carbocycles. The minimum atomic E-state index is -0.820.